The highest BCUT2D eigenvalue weighted by Crippen LogP contribution is 2.55. The van der Waals surface area contributed by atoms with Gasteiger partial charge in [0.1, 0.15) is 11.9 Å². The molecule has 4 heteroatoms. The predicted octanol–water partition coefficient (Wildman–Crippen LogP) is 5.38. The van der Waals surface area contributed by atoms with Crippen molar-refractivity contribution in [1.82, 2.24) is 4.90 Å². The molecule has 27 heavy (non-hydrogen) atoms. The molecule has 134 valence electrons. The molecule has 0 aliphatic carbocycles. The Morgan fingerprint density at radius 3 is 2.19 bits per heavy atom. The molecule has 3 aromatic rings. The van der Waals surface area contributed by atoms with Gasteiger partial charge in [-0.1, -0.05) is 58.4 Å². The number of nitrogens with zero attached hydrogens (tertiary/aromatic N) is 2. The first-order chi connectivity index (χ1) is 13.3. The maximum atomic E-state index is 5.31. The van der Waals surface area contributed by atoms with E-state index < -0.39 is 0 Å². The van der Waals surface area contributed by atoms with E-state index >= 15 is 0 Å². The lowest BCUT2D eigenvalue weighted by molar-refractivity contribution is 0.404. The maximum absolute atomic E-state index is 5.31. The van der Waals surface area contributed by atoms with Gasteiger partial charge in [0.2, 0.25) is 0 Å². The zero-order valence-corrected chi connectivity index (χ0v) is 16.5. The number of hydrogen-bond acceptors (Lipinski definition) is 3. The standard InChI is InChI=1S/C23H19BrN2O/c1-27-19-13-9-15(10-14-19)20-22-21(16-5-3-2-4-6-16)26(22)23(25-20)17-7-11-18(24)12-8-17/h2-14,21-23H,1H3/t21-,22-,23-,26?/m0/s1. The second-order valence-electron chi connectivity index (χ2n) is 6.92. The van der Waals surface area contributed by atoms with E-state index in [2.05, 4.69) is 87.6 Å². The minimum Gasteiger partial charge on any atom is -0.497 e. The van der Waals surface area contributed by atoms with Crippen LogP contribution in [0.15, 0.2) is 88.3 Å². The molecule has 3 aromatic carbocycles. The third kappa shape index (κ3) is 2.89. The normalized spacial score (nSPS) is 25.6. The Hall–Kier alpha value is -2.43. The molecule has 0 aromatic heterocycles. The van der Waals surface area contributed by atoms with E-state index in [1.807, 2.05) is 12.1 Å². The summed E-state index contributed by atoms with van der Waals surface area (Å²) in [4.78, 5) is 7.60. The van der Waals surface area contributed by atoms with Gasteiger partial charge in [0.05, 0.1) is 24.9 Å². The summed E-state index contributed by atoms with van der Waals surface area (Å²) in [5.41, 5.74) is 4.92. The summed E-state index contributed by atoms with van der Waals surface area (Å²) in [5, 5.41) is 0. The Balaban J connectivity index is 1.54. The first kappa shape index (κ1) is 16.7. The average molecular weight is 419 g/mol. The van der Waals surface area contributed by atoms with Crippen molar-refractivity contribution >= 4 is 21.6 Å². The molecule has 1 fully saturated rings. The smallest absolute Gasteiger partial charge is 0.129 e. The number of benzene rings is 3. The van der Waals surface area contributed by atoms with Gasteiger partial charge in [0, 0.05) is 4.47 Å². The van der Waals surface area contributed by atoms with Crippen molar-refractivity contribution in [3.8, 4) is 5.75 Å². The molecule has 5 rings (SSSR count). The Bertz CT molecular complexity index is 983. The predicted molar refractivity (Wildman–Crippen MR) is 111 cm³/mol. The highest BCUT2D eigenvalue weighted by molar-refractivity contribution is 9.10. The number of aliphatic imine (C=N–C) groups is 1. The van der Waals surface area contributed by atoms with E-state index in [1.165, 1.54) is 22.4 Å². The lowest BCUT2D eigenvalue weighted by Crippen LogP contribution is -2.08. The summed E-state index contributed by atoms with van der Waals surface area (Å²) >= 11 is 3.53. The van der Waals surface area contributed by atoms with Crippen LogP contribution in [-0.4, -0.2) is 23.8 Å². The topological polar surface area (TPSA) is 24.6 Å². The zero-order chi connectivity index (χ0) is 18.4. The Kier molecular flexibility index (Phi) is 4.10. The molecule has 0 amide bonds. The van der Waals surface area contributed by atoms with Crippen molar-refractivity contribution in [3.05, 3.63) is 100 Å². The molecule has 0 spiro atoms. The number of ether oxygens (including phenoxy) is 1. The fourth-order valence-electron chi connectivity index (χ4n) is 4.01. The molecule has 0 radical (unpaired) electrons. The molecule has 3 nitrogen and oxygen atoms in total. The molecular weight excluding hydrogens is 400 g/mol. The highest BCUT2D eigenvalue weighted by Gasteiger charge is 2.59. The van der Waals surface area contributed by atoms with E-state index in [0.717, 1.165) is 10.2 Å². The highest BCUT2D eigenvalue weighted by atomic mass is 79.9. The van der Waals surface area contributed by atoms with E-state index in [-0.39, 0.29) is 6.17 Å². The third-order valence-corrected chi connectivity index (χ3v) is 5.90. The minimum atomic E-state index is 0.0606. The molecule has 0 bridgehead atoms. The van der Waals surface area contributed by atoms with Crippen LogP contribution >= 0.6 is 15.9 Å². The first-order valence-corrected chi connectivity index (χ1v) is 9.85. The summed E-state index contributed by atoms with van der Waals surface area (Å²) < 4.78 is 6.39. The molecule has 2 aliphatic rings. The number of methoxy groups -OCH3 is 1. The molecule has 1 unspecified atom stereocenters. The zero-order valence-electron chi connectivity index (χ0n) is 14.9. The monoisotopic (exact) mass is 418 g/mol. The van der Waals surface area contributed by atoms with Gasteiger partial charge in [-0.3, -0.25) is 9.89 Å². The number of hydrogen-bond donors (Lipinski definition) is 0. The van der Waals surface area contributed by atoms with Crippen molar-refractivity contribution in [1.29, 1.82) is 0 Å². The number of fused-ring (bicyclic) bond motifs is 1. The van der Waals surface area contributed by atoms with Crippen molar-refractivity contribution < 1.29 is 4.74 Å². The van der Waals surface area contributed by atoms with Crippen LogP contribution < -0.4 is 4.74 Å². The van der Waals surface area contributed by atoms with Crippen LogP contribution in [0.2, 0.25) is 0 Å². The van der Waals surface area contributed by atoms with Gasteiger partial charge in [0.15, 0.2) is 0 Å². The fourth-order valence-corrected chi connectivity index (χ4v) is 4.28. The lowest BCUT2D eigenvalue weighted by atomic mass is 10.0. The second-order valence-corrected chi connectivity index (χ2v) is 7.83. The van der Waals surface area contributed by atoms with Crippen LogP contribution in [0.1, 0.15) is 28.9 Å². The average Bonchev–Trinajstić information content (AvgIpc) is 3.34. The summed E-state index contributed by atoms with van der Waals surface area (Å²) in [7, 11) is 1.69. The van der Waals surface area contributed by atoms with Crippen molar-refractivity contribution in [3.63, 3.8) is 0 Å². The molecular formula is C23H19BrN2O. The van der Waals surface area contributed by atoms with Gasteiger partial charge in [0.25, 0.3) is 0 Å². The van der Waals surface area contributed by atoms with Crippen LogP contribution in [-0.2, 0) is 0 Å². The van der Waals surface area contributed by atoms with Crippen molar-refractivity contribution in [2.24, 2.45) is 4.99 Å². The Labute approximate surface area is 167 Å². The van der Waals surface area contributed by atoms with Crippen LogP contribution in [0, 0.1) is 0 Å². The van der Waals surface area contributed by atoms with E-state index in [1.54, 1.807) is 7.11 Å². The molecule has 2 heterocycles. The Morgan fingerprint density at radius 2 is 1.52 bits per heavy atom. The molecule has 0 saturated carbocycles. The lowest BCUT2D eigenvalue weighted by Gasteiger charge is -2.14. The fraction of sp³-hybridized carbons (Fsp3) is 0.174. The summed E-state index contributed by atoms with van der Waals surface area (Å²) in [6.45, 7) is 0. The first-order valence-electron chi connectivity index (χ1n) is 9.06. The van der Waals surface area contributed by atoms with Crippen LogP contribution in [0.5, 0.6) is 5.75 Å². The molecule has 4 atom stereocenters. The van der Waals surface area contributed by atoms with Crippen molar-refractivity contribution in [2.45, 2.75) is 18.2 Å². The van der Waals surface area contributed by atoms with Crippen LogP contribution in [0.25, 0.3) is 0 Å². The minimum absolute atomic E-state index is 0.0606. The van der Waals surface area contributed by atoms with E-state index in [4.69, 9.17) is 9.73 Å². The number of rotatable bonds is 4. The second kappa shape index (κ2) is 6.63. The summed E-state index contributed by atoms with van der Waals surface area (Å²) in [5.74, 6) is 0.870. The quantitative estimate of drug-likeness (QED) is 0.530. The third-order valence-electron chi connectivity index (χ3n) is 5.37. The van der Waals surface area contributed by atoms with Gasteiger partial charge < -0.3 is 4.74 Å². The summed E-state index contributed by atoms with van der Waals surface area (Å²) in [6, 6.07) is 28.2. The van der Waals surface area contributed by atoms with Gasteiger partial charge in [-0.15, -0.1) is 0 Å². The van der Waals surface area contributed by atoms with Crippen LogP contribution in [0.3, 0.4) is 0 Å². The van der Waals surface area contributed by atoms with Gasteiger partial charge in [-0.2, -0.15) is 0 Å². The van der Waals surface area contributed by atoms with Gasteiger partial charge in [-0.25, -0.2) is 0 Å². The molecule has 0 N–H and O–H groups in total. The molecule has 2 aliphatic heterocycles. The van der Waals surface area contributed by atoms with Gasteiger partial charge >= 0.3 is 0 Å². The largest absolute Gasteiger partial charge is 0.497 e. The number of halogens is 1. The maximum Gasteiger partial charge on any atom is 0.129 e. The summed E-state index contributed by atoms with van der Waals surface area (Å²) in [6.07, 6.45) is 0.0606. The molecule has 1 saturated heterocycles. The van der Waals surface area contributed by atoms with Crippen LogP contribution in [0.4, 0.5) is 0 Å². The van der Waals surface area contributed by atoms with Gasteiger partial charge in [-0.05, 0) is 53.1 Å². The van der Waals surface area contributed by atoms with E-state index in [9.17, 15) is 0 Å². The Morgan fingerprint density at radius 1 is 0.815 bits per heavy atom. The SMILES string of the molecule is COc1ccc(C2=N[C@H](c3ccc(Br)cc3)N3[C@@H]2[C@@H]3c2ccccc2)cc1. The van der Waals surface area contributed by atoms with E-state index in [0.29, 0.717) is 12.1 Å². The van der Waals surface area contributed by atoms with Crippen molar-refractivity contribution in [2.75, 3.05) is 7.11 Å².